The lowest BCUT2D eigenvalue weighted by molar-refractivity contribution is -0.114. The Kier molecular flexibility index (Phi) is 8.25. The number of anilines is 2. The quantitative estimate of drug-likeness (QED) is 0.442. The summed E-state index contributed by atoms with van der Waals surface area (Å²) in [6.45, 7) is 4.38. The summed E-state index contributed by atoms with van der Waals surface area (Å²) in [5.74, 6) is -0.912. The molecule has 0 bridgehead atoms. The van der Waals surface area contributed by atoms with Gasteiger partial charge in [0.05, 0.1) is 27.9 Å². The van der Waals surface area contributed by atoms with E-state index in [1.807, 2.05) is 13.8 Å². The zero-order valence-corrected chi connectivity index (χ0v) is 21.8. The Morgan fingerprint density at radius 3 is 2.24 bits per heavy atom. The van der Waals surface area contributed by atoms with Gasteiger partial charge in [-0.15, -0.1) is 0 Å². The molecule has 0 radical (unpaired) electrons. The number of nitrogens with zero attached hydrogens (tertiary/aromatic N) is 1. The SMILES string of the molecule is Cc1ccc(N(CC(=O)Nc2ccccc2C(=O)NC[C@@H]2CCCO2)S(=O)(=O)c2ccc(C)cc2)cc1. The molecule has 1 atom stereocenters. The molecule has 1 fully saturated rings. The minimum atomic E-state index is -4.04. The van der Waals surface area contributed by atoms with E-state index >= 15 is 0 Å². The van der Waals surface area contributed by atoms with E-state index in [1.165, 1.54) is 12.1 Å². The molecule has 8 nitrogen and oxygen atoms in total. The van der Waals surface area contributed by atoms with E-state index in [-0.39, 0.29) is 22.5 Å². The molecule has 1 aliphatic heterocycles. The van der Waals surface area contributed by atoms with Crippen LogP contribution in [0.3, 0.4) is 0 Å². The average molecular weight is 522 g/mol. The molecule has 37 heavy (non-hydrogen) atoms. The van der Waals surface area contributed by atoms with Crippen molar-refractivity contribution in [3.05, 3.63) is 89.5 Å². The van der Waals surface area contributed by atoms with Crippen LogP contribution in [0.5, 0.6) is 0 Å². The molecule has 1 saturated heterocycles. The van der Waals surface area contributed by atoms with Gasteiger partial charge in [0.15, 0.2) is 0 Å². The highest BCUT2D eigenvalue weighted by Gasteiger charge is 2.28. The van der Waals surface area contributed by atoms with Gasteiger partial charge in [0, 0.05) is 13.2 Å². The first kappa shape index (κ1) is 26.4. The molecule has 0 unspecified atom stereocenters. The molecule has 2 N–H and O–H groups in total. The fraction of sp³-hybridized carbons (Fsp3) is 0.286. The van der Waals surface area contributed by atoms with E-state index in [0.717, 1.165) is 28.3 Å². The van der Waals surface area contributed by atoms with Crippen molar-refractivity contribution >= 4 is 33.2 Å². The number of carbonyl (C=O) groups excluding carboxylic acids is 2. The summed E-state index contributed by atoms with van der Waals surface area (Å²) in [4.78, 5) is 26.1. The Hall–Kier alpha value is -3.69. The topological polar surface area (TPSA) is 105 Å². The van der Waals surface area contributed by atoms with Gasteiger partial charge in [-0.3, -0.25) is 13.9 Å². The number of hydrogen-bond donors (Lipinski definition) is 2. The second-order valence-electron chi connectivity index (χ2n) is 9.10. The van der Waals surface area contributed by atoms with E-state index in [9.17, 15) is 18.0 Å². The van der Waals surface area contributed by atoms with Crippen molar-refractivity contribution in [1.82, 2.24) is 5.32 Å². The van der Waals surface area contributed by atoms with Crippen LogP contribution in [0, 0.1) is 13.8 Å². The lowest BCUT2D eigenvalue weighted by atomic mass is 10.1. The Bertz CT molecular complexity index is 1350. The smallest absolute Gasteiger partial charge is 0.264 e. The van der Waals surface area contributed by atoms with Crippen molar-refractivity contribution in [1.29, 1.82) is 0 Å². The molecule has 0 aromatic heterocycles. The number of rotatable bonds is 9. The summed E-state index contributed by atoms with van der Waals surface area (Å²) >= 11 is 0. The second-order valence-corrected chi connectivity index (χ2v) is 11.0. The number of para-hydroxylation sites is 1. The molecular weight excluding hydrogens is 490 g/mol. The molecule has 0 saturated carbocycles. The maximum atomic E-state index is 13.6. The van der Waals surface area contributed by atoms with Crippen LogP contribution in [0.1, 0.15) is 34.3 Å². The fourth-order valence-corrected chi connectivity index (χ4v) is 5.50. The zero-order chi connectivity index (χ0) is 26.4. The molecule has 3 aromatic rings. The number of amides is 2. The Labute approximate surface area is 217 Å². The fourth-order valence-electron chi connectivity index (χ4n) is 4.08. The standard InChI is InChI=1S/C28H31N3O5S/c1-20-9-13-22(14-10-20)31(37(34,35)24-15-11-21(2)12-16-24)19-27(32)30-26-8-4-3-7-25(26)28(33)29-18-23-6-5-17-36-23/h3-4,7-16,23H,5-6,17-19H2,1-2H3,(H,29,33)(H,30,32)/t23-/m0/s1. The molecule has 2 amide bonds. The summed E-state index contributed by atoms with van der Waals surface area (Å²) < 4.78 is 33.8. The van der Waals surface area contributed by atoms with Crippen LogP contribution in [0.2, 0.25) is 0 Å². The van der Waals surface area contributed by atoms with E-state index in [4.69, 9.17) is 4.74 Å². The predicted molar refractivity (Wildman–Crippen MR) is 143 cm³/mol. The van der Waals surface area contributed by atoms with Gasteiger partial charge in [-0.2, -0.15) is 0 Å². The Balaban J connectivity index is 1.55. The van der Waals surface area contributed by atoms with E-state index in [2.05, 4.69) is 10.6 Å². The normalized spacial score (nSPS) is 15.2. The molecule has 3 aromatic carbocycles. The number of aryl methyl sites for hydroxylation is 2. The van der Waals surface area contributed by atoms with E-state index < -0.39 is 22.5 Å². The van der Waals surface area contributed by atoms with Crippen molar-refractivity contribution < 1.29 is 22.7 Å². The summed E-state index contributed by atoms with van der Waals surface area (Å²) in [5.41, 5.74) is 2.84. The summed E-state index contributed by atoms with van der Waals surface area (Å²) in [5, 5.41) is 5.58. The van der Waals surface area contributed by atoms with Gasteiger partial charge in [-0.1, -0.05) is 47.5 Å². The molecule has 9 heteroatoms. The molecule has 4 rings (SSSR count). The van der Waals surface area contributed by atoms with Crippen molar-refractivity contribution in [2.24, 2.45) is 0 Å². The summed E-state index contributed by atoms with van der Waals surface area (Å²) in [6.07, 6.45) is 1.85. The third-order valence-corrected chi connectivity index (χ3v) is 7.97. The second kappa shape index (κ2) is 11.6. The minimum Gasteiger partial charge on any atom is -0.376 e. The van der Waals surface area contributed by atoms with E-state index in [1.54, 1.807) is 60.7 Å². The Morgan fingerprint density at radius 2 is 1.59 bits per heavy atom. The van der Waals surface area contributed by atoms with Gasteiger partial charge < -0.3 is 15.4 Å². The number of ether oxygens (including phenoxy) is 1. The molecule has 1 aliphatic rings. The maximum Gasteiger partial charge on any atom is 0.264 e. The maximum absolute atomic E-state index is 13.6. The largest absolute Gasteiger partial charge is 0.376 e. The van der Waals surface area contributed by atoms with Gasteiger partial charge in [-0.05, 0) is 63.1 Å². The van der Waals surface area contributed by atoms with Crippen LogP contribution in [-0.2, 0) is 19.6 Å². The molecule has 0 aliphatic carbocycles. The lowest BCUT2D eigenvalue weighted by Crippen LogP contribution is -2.38. The number of benzene rings is 3. The molecule has 1 heterocycles. The highest BCUT2D eigenvalue weighted by Crippen LogP contribution is 2.25. The number of sulfonamides is 1. The van der Waals surface area contributed by atoms with Crippen molar-refractivity contribution in [2.75, 3.05) is 29.3 Å². The monoisotopic (exact) mass is 521 g/mol. The predicted octanol–water partition coefficient (Wildman–Crippen LogP) is 4.05. The first-order valence-electron chi connectivity index (χ1n) is 12.2. The van der Waals surface area contributed by atoms with Gasteiger partial charge in [-0.25, -0.2) is 8.42 Å². The van der Waals surface area contributed by atoms with Crippen LogP contribution in [0.4, 0.5) is 11.4 Å². The molecule has 194 valence electrons. The Morgan fingerprint density at radius 1 is 0.946 bits per heavy atom. The average Bonchev–Trinajstić information content (AvgIpc) is 3.41. The molecular formula is C28H31N3O5S. The first-order valence-corrected chi connectivity index (χ1v) is 13.6. The third kappa shape index (κ3) is 6.55. The number of carbonyl (C=O) groups is 2. The zero-order valence-electron chi connectivity index (χ0n) is 20.9. The third-order valence-electron chi connectivity index (χ3n) is 6.18. The summed E-state index contributed by atoms with van der Waals surface area (Å²) in [7, 11) is -4.04. The first-order chi connectivity index (χ1) is 17.7. The van der Waals surface area contributed by atoms with Gasteiger partial charge in [0.2, 0.25) is 5.91 Å². The lowest BCUT2D eigenvalue weighted by Gasteiger charge is -2.24. The highest BCUT2D eigenvalue weighted by molar-refractivity contribution is 7.92. The number of hydrogen-bond acceptors (Lipinski definition) is 5. The van der Waals surface area contributed by atoms with Gasteiger partial charge in [0.1, 0.15) is 6.54 Å². The van der Waals surface area contributed by atoms with Crippen LogP contribution in [0.15, 0.2) is 77.7 Å². The van der Waals surface area contributed by atoms with Gasteiger partial charge >= 0.3 is 0 Å². The van der Waals surface area contributed by atoms with Crippen LogP contribution in [0.25, 0.3) is 0 Å². The van der Waals surface area contributed by atoms with Crippen molar-refractivity contribution in [2.45, 2.75) is 37.7 Å². The van der Waals surface area contributed by atoms with Crippen LogP contribution < -0.4 is 14.9 Å². The summed E-state index contributed by atoms with van der Waals surface area (Å²) in [6, 6.07) is 20.0. The number of nitrogens with one attached hydrogen (secondary N) is 2. The minimum absolute atomic E-state index is 0.0132. The van der Waals surface area contributed by atoms with Crippen LogP contribution >= 0.6 is 0 Å². The van der Waals surface area contributed by atoms with E-state index in [0.29, 0.717) is 24.5 Å². The van der Waals surface area contributed by atoms with Gasteiger partial charge in [0.25, 0.3) is 15.9 Å². The van der Waals surface area contributed by atoms with Crippen molar-refractivity contribution in [3.63, 3.8) is 0 Å². The van der Waals surface area contributed by atoms with Crippen molar-refractivity contribution in [3.8, 4) is 0 Å². The highest BCUT2D eigenvalue weighted by atomic mass is 32.2. The van der Waals surface area contributed by atoms with Crippen LogP contribution in [-0.4, -0.2) is 46.0 Å². The molecule has 0 spiro atoms.